The van der Waals surface area contributed by atoms with Crippen molar-refractivity contribution in [2.45, 2.75) is 44.7 Å². The molecule has 2 amide bonds. The number of nitrogens with zero attached hydrogens (tertiary/aromatic N) is 1. The van der Waals surface area contributed by atoms with E-state index in [4.69, 9.17) is 5.73 Å². The molecule has 2 aliphatic heterocycles. The van der Waals surface area contributed by atoms with E-state index in [-0.39, 0.29) is 23.9 Å². The van der Waals surface area contributed by atoms with E-state index in [9.17, 15) is 14.0 Å². The van der Waals surface area contributed by atoms with Crippen molar-refractivity contribution in [3.05, 3.63) is 71.0 Å². The summed E-state index contributed by atoms with van der Waals surface area (Å²) in [6.07, 6.45) is 2.70. The molecular weight excluding hydrogens is 343 g/mol. The number of fused-ring (bicyclic) bond motifs is 2. The molecular formula is C22H23FN2O2. The predicted octanol–water partition coefficient (Wildman–Crippen LogP) is 3.23. The molecule has 4 nitrogen and oxygen atoms in total. The Morgan fingerprint density at radius 2 is 1.93 bits per heavy atom. The number of primary amides is 1. The Morgan fingerprint density at radius 1 is 1.19 bits per heavy atom. The zero-order chi connectivity index (χ0) is 19.2. The van der Waals surface area contributed by atoms with Gasteiger partial charge in [-0.3, -0.25) is 9.59 Å². The lowest BCUT2D eigenvalue weighted by Gasteiger charge is -2.34. The Morgan fingerprint density at radius 3 is 2.63 bits per heavy atom. The highest BCUT2D eigenvalue weighted by Crippen LogP contribution is 2.52. The van der Waals surface area contributed by atoms with Gasteiger partial charge in [-0.1, -0.05) is 36.4 Å². The third kappa shape index (κ3) is 2.82. The lowest BCUT2D eigenvalue weighted by Crippen LogP contribution is -2.49. The van der Waals surface area contributed by atoms with Crippen molar-refractivity contribution >= 4 is 11.8 Å². The molecule has 0 saturated carbocycles. The molecule has 140 valence electrons. The molecule has 2 aromatic carbocycles. The molecule has 2 bridgehead atoms. The normalized spacial score (nSPS) is 26.4. The van der Waals surface area contributed by atoms with E-state index < -0.39 is 11.2 Å². The highest BCUT2D eigenvalue weighted by Gasteiger charge is 2.60. The Bertz CT molecular complexity index is 898. The summed E-state index contributed by atoms with van der Waals surface area (Å²) in [5, 5.41) is 0. The van der Waals surface area contributed by atoms with Crippen LogP contribution in [0.5, 0.6) is 0 Å². The number of aryl methyl sites for hydroxylation is 1. The van der Waals surface area contributed by atoms with Crippen LogP contribution in [0.25, 0.3) is 0 Å². The molecule has 0 spiro atoms. The van der Waals surface area contributed by atoms with Crippen LogP contribution in [0.2, 0.25) is 0 Å². The van der Waals surface area contributed by atoms with Crippen molar-refractivity contribution in [3.63, 3.8) is 0 Å². The number of carbonyl (C=O) groups excluding carboxylic acids is 2. The van der Waals surface area contributed by atoms with Gasteiger partial charge in [0.25, 0.3) is 5.91 Å². The van der Waals surface area contributed by atoms with Gasteiger partial charge in [0, 0.05) is 17.6 Å². The van der Waals surface area contributed by atoms with Crippen LogP contribution in [0.15, 0.2) is 48.5 Å². The number of benzene rings is 2. The van der Waals surface area contributed by atoms with Crippen LogP contribution in [0.1, 0.15) is 40.7 Å². The van der Waals surface area contributed by atoms with Gasteiger partial charge in [0.15, 0.2) is 0 Å². The minimum Gasteiger partial charge on any atom is -0.369 e. The first-order valence-corrected chi connectivity index (χ1v) is 9.35. The molecule has 2 saturated heterocycles. The molecule has 2 fully saturated rings. The van der Waals surface area contributed by atoms with Crippen molar-refractivity contribution in [1.29, 1.82) is 0 Å². The average molecular weight is 366 g/mol. The summed E-state index contributed by atoms with van der Waals surface area (Å²) >= 11 is 0. The number of rotatable bonds is 4. The van der Waals surface area contributed by atoms with Crippen molar-refractivity contribution in [2.24, 2.45) is 11.1 Å². The number of nitrogens with two attached hydrogens (primary N) is 1. The third-order valence-electron chi connectivity index (χ3n) is 6.26. The average Bonchev–Trinajstić information content (AvgIpc) is 3.20. The SMILES string of the molecule is Cc1ccc(F)cc1C(=O)N1[C@H]2CC[C@@H]1[C@](Cc1ccccc1)(C(N)=O)C2. The fraction of sp³-hybridized carbons (Fsp3) is 0.364. The summed E-state index contributed by atoms with van der Waals surface area (Å²) in [6.45, 7) is 1.80. The van der Waals surface area contributed by atoms with Crippen LogP contribution < -0.4 is 5.73 Å². The van der Waals surface area contributed by atoms with Crippen LogP contribution in [-0.4, -0.2) is 28.8 Å². The number of hydrogen-bond acceptors (Lipinski definition) is 2. The fourth-order valence-electron chi connectivity index (χ4n) is 4.96. The van der Waals surface area contributed by atoms with Crippen LogP contribution in [0.3, 0.4) is 0 Å². The zero-order valence-electron chi connectivity index (χ0n) is 15.3. The van der Waals surface area contributed by atoms with Gasteiger partial charge < -0.3 is 10.6 Å². The third-order valence-corrected chi connectivity index (χ3v) is 6.26. The Balaban J connectivity index is 1.70. The molecule has 4 rings (SSSR count). The first-order chi connectivity index (χ1) is 12.9. The maximum Gasteiger partial charge on any atom is 0.254 e. The molecule has 0 aromatic heterocycles. The summed E-state index contributed by atoms with van der Waals surface area (Å²) in [7, 11) is 0. The van der Waals surface area contributed by atoms with Crippen molar-refractivity contribution in [1.82, 2.24) is 4.90 Å². The Labute approximate surface area is 158 Å². The van der Waals surface area contributed by atoms with E-state index in [1.807, 2.05) is 30.3 Å². The topological polar surface area (TPSA) is 63.4 Å². The fourth-order valence-corrected chi connectivity index (χ4v) is 4.96. The van der Waals surface area contributed by atoms with Gasteiger partial charge in [0.1, 0.15) is 5.82 Å². The van der Waals surface area contributed by atoms with Gasteiger partial charge in [-0.15, -0.1) is 0 Å². The van der Waals surface area contributed by atoms with Gasteiger partial charge in [-0.05, 0) is 55.9 Å². The molecule has 2 aromatic rings. The van der Waals surface area contributed by atoms with Crippen LogP contribution in [0.4, 0.5) is 4.39 Å². The van der Waals surface area contributed by atoms with Crippen molar-refractivity contribution < 1.29 is 14.0 Å². The second-order valence-corrected chi connectivity index (χ2v) is 7.81. The van der Waals surface area contributed by atoms with Gasteiger partial charge in [-0.25, -0.2) is 4.39 Å². The second kappa shape index (κ2) is 6.48. The number of amides is 2. The van der Waals surface area contributed by atoms with E-state index in [2.05, 4.69) is 0 Å². The maximum atomic E-state index is 13.7. The van der Waals surface area contributed by atoms with Gasteiger partial charge in [0.2, 0.25) is 5.91 Å². The van der Waals surface area contributed by atoms with Crippen LogP contribution in [-0.2, 0) is 11.2 Å². The largest absolute Gasteiger partial charge is 0.369 e. The van der Waals surface area contributed by atoms with Crippen LogP contribution in [0, 0.1) is 18.2 Å². The smallest absolute Gasteiger partial charge is 0.254 e. The highest BCUT2D eigenvalue weighted by atomic mass is 19.1. The molecule has 2 N–H and O–H groups in total. The Kier molecular flexibility index (Phi) is 4.25. The first kappa shape index (κ1) is 17.7. The highest BCUT2D eigenvalue weighted by molar-refractivity contribution is 5.97. The van der Waals surface area contributed by atoms with Crippen molar-refractivity contribution in [3.8, 4) is 0 Å². The molecule has 27 heavy (non-hydrogen) atoms. The lowest BCUT2D eigenvalue weighted by molar-refractivity contribution is -0.129. The molecule has 0 unspecified atom stereocenters. The molecule has 0 aliphatic carbocycles. The van der Waals surface area contributed by atoms with Gasteiger partial charge in [-0.2, -0.15) is 0 Å². The summed E-state index contributed by atoms with van der Waals surface area (Å²) in [5.41, 5.74) is 7.27. The quantitative estimate of drug-likeness (QED) is 0.903. The second-order valence-electron chi connectivity index (χ2n) is 7.81. The van der Waals surface area contributed by atoms with E-state index in [0.717, 1.165) is 24.0 Å². The van der Waals surface area contributed by atoms with Gasteiger partial charge >= 0.3 is 0 Å². The minimum atomic E-state index is -0.763. The summed E-state index contributed by atoms with van der Waals surface area (Å²) in [6, 6.07) is 13.8. The van der Waals surface area contributed by atoms with Crippen LogP contribution >= 0.6 is 0 Å². The maximum absolute atomic E-state index is 13.7. The van der Waals surface area contributed by atoms with E-state index in [0.29, 0.717) is 18.4 Å². The predicted molar refractivity (Wildman–Crippen MR) is 101 cm³/mol. The lowest BCUT2D eigenvalue weighted by atomic mass is 9.69. The van der Waals surface area contributed by atoms with E-state index >= 15 is 0 Å². The minimum absolute atomic E-state index is 0.0265. The molecule has 2 heterocycles. The molecule has 0 radical (unpaired) electrons. The number of halogens is 1. The summed E-state index contributed by atoms with van der Waals surface area (Å²) in [5.74, 6) is -0.982. The first-order valence-electron chi connectivity index (χ1n) is 9.35. The molecule has 2 aliphatic rings. The molecule has 5 heteroatoms. The Hall–Kier alpha value is -2.69. The summed E-state index contributed by atoms with van der Waals surface area (Å²) < 4.78 is 13.7. The standard InChI is InChI=1S/C22H23FN2O2/c1-14-7-8-16(23)11-18(14)20(26)25-17-9-10-19(25)22(13-17,21(24)27)12-15-5-3-2-4-6-15/h2-8,11,17,19H,9-10,12-13H2,1H3,(H2,24,27)/t17-,19+,22+/m0/s1. The molecule has 3 atom stereocenters. The van der Waals surface area contributed by atoms with Gasteiger partial charge in [0.05, 0.1) is 5.41 Å². The monoisotopic (exact) mass is 366 g/mol. The van der Waals surface area contributed by atoms with E-state index in [1.54, 1.807) is 17.9 Å². The van der Waals surface area contributed by atoms with Crippen molar-refractivity contribution in [2.75, 3.05) is 0 Å². The number of hydrogen-bond donors (Lipinski definition) is 1. The van der Waals surface area contributed by atoms with E-state index in [1.165, 1.54) is 12.1 Å². The zero-order valence-corrected chi connectivity index (χ0v) is 15.3. The number of carbonyl (C=O) groups is 2. The summed E-state index contributed by atoms with van der Waals surface area (Å²) in [4.78, 5) is 27.6.